The van der Waals surface area contributed by atoms with Gasteiger partial charge >= 0.3 is 6.03 Å². The third-order valence-electron chi connectivity index (χ3n) is 3.82. The summed E-state index contributed by atoms with van der Waals surface area (Å²) >= 11 is 0. The van der Waals surface area contributed by atoms with Crippen LogP contribution in [0.5, 0.6) is 0 Å². The maximum absolute atomic E-state index is 12.7. The third kappa shape index (κ3) is 3.82. The Balaban J connectivity index is 1.66. The molecule has 20 heavy (non-hydrogen) atoms. The molecule has 0 aliphatic carbocycles. The fourth-order valence-corrected chi connectivity index (χ4v) is 2.48. The number of piperidine rings is 1. The molecular formula is C13H22FN3O3. The van der Waals surface area contributed by atoms with E-state index in [1.165, 1.54) is 4.90 Å². The van der Waals surface area contributed by atoms with Crippen LogP contribution in [0.4, 0.5) is 9.18 Å². The summed E-state index contributed by atoms with van der Waals surface area (Å²) in [6.07, 6.45) is 1.02. The molecule has 0 aromatic heterocycles. The number of amides is 3. The van der Waals surface area contributed by atoms with Gasteiger partial charge in [-0.2, -0.15) is 0 Å². The minimum atomic E-state index is -0.874. The van der Waals surface area contributed by atoms with Gasteiger partial charge in [-0.15, -0.1) is 0 Å². The summed E-state index contributed by atoms with van der Waals surface area (Å²) in [4.78, 5) is 26.8. The van der Waals surface area contributed by atoms with E-state index >= 15 is 0 Å². The molecule has 2 rings (SSSR count). The maximum Gasteiger partial charge on any atom is 0.317 e. The van der Waals surface area contributed by atoms with E-state index in [0.29, 0.717) is 26.1 Å². The summed E-state index contributed by atoms with van der Waals surface area (Å²) < 4.78 is 17.6. The SMILES string of the molecule is COCCC(=O)N1CCC(NC(=O)N2CC(F)C2)CC1. The Hall–Kier alpha value is -1.37. The van der Waals surface area contributed by atoms with E-state index in [-0.39, 0.29) is 31.1 Å². The minimum absolute atomic E-state index is 0.0765. The van der Waals surface area contributed by atoms with Crippen LogP contribution in [0.15, 0.2) is 0 Å². The van der Waals surface area contributed by atoms with Crippen LogP contribution >= 0.6 is 0 Å². The van der Waals surface area contributed by atoms with Crippen molar-refractivity contribution < 1.29 is 18.7 Å². The molecule has 7 heteroatoms. The molecule has 2 fully saturated rings. The van der Waals surface area contributed by atoms with Crippen LogP contribution in [0.1, 0.15) is 19.3 Å². The molecular weight excluding hydrogens is 265 g/mol. The first kappa shape index (κ1) is 15.0. The molecule has 2 heterocycles. The van der Waals surface area contributed by atoms with Crippen molar-refractivity contribution in [3.8, 4) is 0 Å². The molecule has 0 aromatic rings. The Morgan fingerprint density at radius 2 is 1.90 bits per heavy atom. The number of methoxy groups -OCH3 is 1. The lowest BCUT2D eigenvalue weighted by atomic mass is 10.0. The summed E-state index contributed by atoms with van der Waals surface area (Å²) in [5.74, 6) is 0.0969. The molecule has 6 nitrogen and oxygen atoms in total. The molecule has 2 aliphatic rings. The topological polar surface area (TPSA) is 61.9 Å². The summed E-state index contributed by atoms with van der Waals surface area (Å²) in [5.41, 5.74) is 0. The number of urea groups is 1. The van der Waals surface area contributed by atoms with Gasteiger partial charge in [0, 0.05) is 26.2 Å². The smallest absolute Gasteiger partial charge is 0.317 e. The van der Waals surface area contributed by atoms with Gasteiger partial charge in [0.2, 0.25) is 5.91 Å². The van der Waals surface area contributed by atoms with Gasteiger partial charge in [0.05, 0.1) is 26.1 Å². The number of nitrogens with one attached hydrogen (secondary N) is 1. The van der Waals surface area contributed by atoms with Crippen molar-refractivity contribution in [1.29, 1.82) is 0 Å². The number of alkyl halides is 1. The Kier molecular flexibility index (Phi) is 5.17. The highest BCUT2D eigenvalue weighted by molar-refractivity contribution is 5.77. The highest BCUT2D eigenvalue weighted by Crippen LogP contribution is 2.15. The van der Waals surface area contributed by atoms with Crippen molar-refractivity contribution in [3.05, 3.63) is 0 Å². The van der Waals surface area contributed by atoms with Crippen molar-refractivity contribution in [3.63, 3.8) is 0 Å². The second-order valence-electron chi connectivity index (χ2n) is 5.35. The maximum atomic E-state index is 12.7. The first-order valence-electron chi connectivity index (χ1n) is 7.06. The predicted molar refractivity (Wildman–Crippen MR) is 71.1 cm³/mol. The number of carbonyl (C=O) groups excluding carboxylic acids is 2. The van der Waals surface area contributed by atoms with Crippen LogP contribution in [0.2, 0.25) is 0 Å². The lowest BCUT2D eigenvalue weighted by Gasteiger charge is -2.37. The minimum Gasteiger partial charge on any atom is -0.384 e. The van der Waals surface area contributed by atoms with Crippen LogP contribution in [0.25, 0.3) is 0 Å². The average Bonchev–Trinajstić information content (AvgIpc) is 2.42. The number of nitrogens with zero attached hydrogens (tertiary/aromatic N) is 2. The van der Waals surface area contributed by atoms with Crippen LogP contribution in [-0.2, 0) is 9.53 Å². The summed E-state index contributed by atoms with van der Waals surface area (Å²) in [5, 5.41) is 2.90. The van der Waals surface area contributed by atoms with E-state index in [4.69, 9.17) is 4.74 Å². The van der Waals surface area contributed by atoms with E-state index in [9.17, 15) is 14.0 Å². The number of hydrogen-bond donors (Lipinski definition) is 1. The summed E-state index contributed by atoms with van der Waals surface area (Å²) in [6.45, 7) is 2.13. The predicted octanol–water partition coefficient (Wildman–Crippen LogP) is 0.377. The van der Waals surface area contributed by atoms with Gasteiger partial charge in [-0.1, -0.05) is 0 Å². The molecule has 3 amide bonds. The molecule has 2 saturated heterocycles. The standard InChI is InChI=1S/C13H22FN3O3/c1-20-7-4-12(18)16-5-2-11(3-6-16)15-13(19)17-8-10(14)9-17/h10-11H,2-9H2,1H3,(H,15,19). The van der Waals surface area contributed by atoms with Gasteiger partial charge in [0.15, 0.2) is 0 Å². The van der Waals surface area contributed by atoms with Gasteiger partial charge in [-0.3, -0.25) is 4.79 Å². The van der Waals surface area contributed by atoms with Crippen molar-refractivity contribution in [2.75, 3.05) is 39.9 Å². The number of rotatable bonds is 4. The Morgan fingerprint density at radius 3 is 2.45 bits per heavy atom. The van der Waals surface area contributed by atoms with Crippen LogP contribution in [0, 0.1) is 0 Å². The Bertz CT molecular complexity index is 353. The van der Waals surface area contributed by atoms with Crippen molar-refractivity contribution in [2.24, 2.45) is 0 Å². The zero-order chi connectivity index (χ0) is 14.5. The molecule has 1 N–H and O–H groups in total. The highest BCUT2D eigenvalue weighted by atomic mass is 19.1. The molecule has 0 bridgehead atoms. The number of halogens is 1. The largest absolute Gasteiger partial charge is 0.384 e. The van der Waals surface area contributed by atoms with Crippen molar-refractivity contribution in [2.45, 2.75) is 31.5 Å². The summed E-state index contributed by atoms with van der Waals surface area (Å²) in [7, 11) is 1.58. The van der Waals surface area contributed by atoms with E-state index in [2.05, 4.69) is 5.32 Å². The lowest BCUT2D eigenvalue weighted by Crippen LogP contribution is -2.57. The summed E-state index contributed by atoms with van der Waals surface area (Å²) in [6, 6.07) is -0.115. The molecule has 0 saturated carbocycles. The van der Waals surface area contributed by atoms with Crippen LogP contribution in [0.3, 0.4) is 0 Å². The zero-order valence-corrected chi connectivity index (χ0v) is 11.8. The molecule has 0 spiro atoms. The quantitative estimate of drug-likeness (QED) is 0.813. The Morgan fingerprint density at radius 1 is 1.25 bits per heavy atom. The molecule has 0 radical (unpaired) electrons. The highest BCUT2D eigenvalue weighted by Gasteiger charge is 2.32. The number of carbonyl (C=O) groups is 2. The van der Waals surface area contributed by atoms with E-state index in [1.807, 2.05) is 4.90 Å². The first-order chi connectivity index (χ1) is 9.60. The molecule has 0 aromatic carbocycles. The Labute approximate surface area is 118 Å². The van der Waals surface area contributed by atoms with Crippen LogP contribution in [-0.4, -0.2) is 73.8 Å². The zero-order valence-electron chi connectivity index (χ0n) is 11.8. The normalized spacial score (nSPS) is 20.7. The molecule has 2 aliphatic heterocycles. The third-order valence-corrected chi connectivity index (χ3v) is 3.82. The fourth-order valence-electron chi connectivity index (χ4n) is 2.48. The first-order valence-corrected chi connectivity index (χ1v) is 7.06. The molecule has 114 valence electrons. The van der Waals surface area contributed by atoms with Gasteiger partial charge in [0.1, 0.15) is 6.17 Å². The van der Waals surface area contributed by atoms with Crippen LogP contribution < -0.4 is 5.32 Å². The van der Waals surface area contributed by atoms with Gasteiger partial charge in [-0.25, -0.2) is 9.18 Å². The lowest BCUT2D eigenvalue weighted by molar-refractivity contribution is -0.133. The van der Waals surface area contributed by atoms with E-state index < -0.39 is 6.17 Å². The monoisotopic (exact) mass is 287 g/mol. The van der Waals surface area contributed by atoms with Crippen molar-refractivity contribution >= 4 is 11.9 Å². The van der Waals surface area contributed by atoms with Gasteiger partial charge in [-0.05, 0) is 12.8 Å². The van der Waals surface area contributed by atoms with Gasteiger partial charge < -0.3 is 19.9 Å². The van der Waals surface area contributed by atoms with E-state index in [1.54, 1.807) is 7.11 Å². The molecule has 0 unspecified atom stereocenters. The fraction of sp³-hybridized carbons (Fsp3) is 0.846. The van der Waals surface area contributed by atoms with E-state index in [0.717, 1.165) is 12.8 Å². The second-order valence-corrected chi connectivity index (χ2v) is 5.35. The molecule has 0 atom stereocenters. The second kappa shape index (κ2) is 6.88. The van der Waals surface area contributed by atoms with Gasteiger partial charge in [0.25, 0.3) is 0 Å². The number of likely N-dealkylation sites (tertiary alicyclic amines) is 2. The number of hydrogen-bond acceptors (Lipinski definition) is 3. The number of ether oxygens (including phenoxy) is 1. The average molecular weight is 287 g/mol. The van der Waals surface area contributed by atoms with Crippen molar-refractivity contribution in [1.82, 2.24) is 15.1 Å².